The largest absolute Gasteiger partial charge is 0.267 e. The van der Waals surface area contributed by atoms with Crippen LogP contribution in [0.4, 0.5) is 0 Å². The molecule has 0 amide bonds. The first kappa shape index (κ1) is 14.2. The SMILES string of the molecule is CSC1=NC(c2ccccc2)=NC(C(Cl)(Cl)Cl)[NH2+]1. The van der Waals surface area contributed by atoms with E-state index in [9.17, 15) is 0 Å². The predicted molar refractivity (Wildman–Crippen MR) is 79.9 cm³/mol. The molecule has 0 fully saturated rings. The molecule has 18 heavy (non-hydrogen) atoms. The first-order valence-electron chi connectivity index (χ1n) is 5.18. The standard InChI is InChI=1S/C11H10Cl3N3S/c1-18-10-16-8(7-5-3-2-4-6-7)15-9(17-10)11(12,13)14/h2-6,9H,1H3,(H,15,16,17)/p+1. The summed E-state index contributed by atoms with van der Waals surface area (Å²) in [5.41, 5.74) is 0.913. The van der Waals surface area contributed by atoms with Crippen molar-refractivity contribution in [1.82, 2.24) is 0 Å². The lowest BCUT2D eigenvalue weighted by atomic mass is 10.2. The minimum absolute atomic E-state index is 0.516. The maximum atomic E-state index is 5.92. The summed E-state index contributed by atoms with van der Waals surface area (Å²) >= 11 is 19.2. The summed E-state index contributed by atoms with van der Waals surface area (Å²) in [6.07, 6.45) is 1.41. The maximum absolute atomic E-state index is 5.92. The lowest BCUT2D eigenvalue weighted by Crippen LogP contribution is -2.95. The van der Waals surface area contributed by atoms with Gasteiger partial charge in [0.05, 0.1) is 0 Å². The number of hydrogen-bond acceptors (Lipinski definition) is 3. The average Bonchev–Trinajstić information content (AvgIpc) is 2.38. The van der Waals surface area contributed by atoms with Gasteiger partial charge in [0, 0.05) is 5.56 Å². The van der Waals surface area contributed by atoms with Crippen LogP contribution < -0.4 is 5.32 Å². The molecule has 0 spiro atoms. The Balaban J connectivity index is 2.38. The summed E-state index contributed by atoms with van der Waals surface area (Å²) in [6.45, 7) is 0. The second kappa shape index (κ2) is 5.80. The number of alkyl halides is 3. The molecule has 7 heteroatoms. The highest BCUT2D eigenvalue weighted by Gasteiger charge is 2.39. The van der Waals surface area contributed by atoms with Crippen LogP contribution in [0.3, 0.4) is 0 Å². The Morgan fingerprint density at radius 2 is 1.89 bits per heavy atom. The van der Waals surface area contributed by atoms with E-state index in [1.54, 1.807) is 5.32 Å². The normalized spacial score (nSPS) is 20.3. The molecular formula is C11H11Cl3N3S+. The molecule has 0 bridgehead atoms. The number of amidine groups is 2. The van der Waals surface area contributed by atoms with Gasteiger partial charge in [0.2, 0.25) is 6.17 Å². The maximum Gasteiger partial charge on any atom is 0.264 e. The third-order valence-corrected chi connectivity index (χ3v) is 3.67. The summed E-state index contributed by atoms with van der Waals surface area (Å²) < 4.78 is -1.46. The molecule has 1 unspecified atom stereocenters. The van der Waals surface area contributed by atoms with E-state index in [1.165, 1.54) is 11.8 Å². The number of nitrogens with two attached hydrogens (primary N) is 1. The zero-order valence-electron chi connectivity index (χ0n) is 9.48. The first-order chi connectivity index (χ1) is 8.50. The number of quaternary nitrogens is 1. The van der Waals surface area contributed by atoms with Crippen LogP contribution in [0.2, 0.25) is 0 Å². The fourth-order valence-electron chi connectivity index (χ4n) is 1.48. The molecule has 1 atom stereocenters. The second-order valence-corrected chi connectivity index (χ2v) is 6.82. The van der Waals surface area contributed by atoms with Crippen molar-refractivity contribution in [2.75, 3.05) is 6.26 Å². The molecule has 2 rings (SSSR count). The van der Waals surface area contributed by atoms with E-state index in [4.69, 9.17) is 34.8 Å². The Morgan fingerprint density at radius 1 is 1.22 bits per heavy atom. The van der Waals surface area contributed by atoms with Crippen molar-refractivity contribution < 1.29 is 5.32 Å². The topological polar surface area (TPSA) is 41.3 Å². The molecule has 0 radical (unpaired) electrons. The van der Waals surface area contributed by atoms with Crippen LogP contribution in [0.25, 0.3) is 0 Å². The Kier molecular flexibility index (Phi) is 4.56. The van der Waals surface area contributed by atoms with Crippen molar-refractivity contribution in [2.24, 2.45) is 9.98 Å². The van der Waals surface area contributed by atoms with E-state index in [0.29, 0.717) is 5.84 Å². The molecule has 0 saturated carbocycles. The fourth-order valence-corrected chi connectivity index (χ4v) is 2.26. The lowest BCUT2D eigenvalue weighted by Gasteiger charge is -2.22. The molecule has 2 N–H and O–H groups in total. The van der Waals surface area contributed by atoms with Crippen LogP contribution in [0.15, 0.2) is 40.3 Å². The molecule has 0 aromatic heterocycles. The van der Waals surface area contributed by atoms with E-state index in [2.05, 4.69) is 9.98 Å². The van der Waals surface area contributed by atoms with Crippen molar-refractivity contribution in [3.63, 3.8) is 0 Å². The Labute approximate surface area is 125 Å². The van der Waals surface area contributed by atoms with Gasteiger partial charge in [-0.3, -0.25) is 5.32 Å². The van der Waals surface area contributed by atoms with Crippen molar-refractivity contribution in [1.29, 1.82) is 0 Å². The minimum atomic E-state index is -1.46. The average molecular weight is 324 g/mol. The molecule has 1 aliphatic rings. The number of hydrogen-bond donors (Lipinski definition) is 1. The lowest BCUT2D eigenvalue weighted by molar-refractivity contribution is -0.574. The summed E-state index contributed by atoms with van der Waals surface area (Å²) in [6, 6.07) is 9.65. The van der Waals surface area contributed by atoms with E-state index < -0.39 is 9.96 Å². The third-order valence-electron chi connectivity index (χ3n) is 2.35. The first-order valence-corrected chi connectivity index (χ1v) is 7.54. The van der Waals surface area contributed by atoms with Gasteiger partial charge in [-0.15, -0.1) is 0 Å². The van der Waals surface area contributed by atoms with Crippen LogP contribution in [-0.4, -0.2) is 27.2 Å². The summed E-state index contributed by atoms with van der Waals surface area (Å²) in [7, 11) is 0. The zero-order chi connectivity index (χ0) is 13.2. The molecular weight excluding hydrogens is 313 g/mol. The van der Waals surface area contributed by atoms with Gasteiger partial charge in [-0.2, -0.15) is 4.99 Å². The van der Waals surface area contributed by atoms with Gasteiger partial charge >= 0.3 is 0 Å². The fraction of sp³-hybridized carbons (Fsp3) is 0.273. The van der Waals surface area contributed by atoms with E-state index in [1.807, 2.05) is 36.6 Å². The van der Waals surface area contributed by atoms with Gasteiger partial charge in [0.1, 0.15) is 0 Å². The van der Waals surface area contributed by atoms with Crippen molar-refractivity contribution >= 4 is 57.6 Å². The summed E-state index contributed by atoms with van der Waals surface area (Å²) in [5, 5.41) is 2.57. The summed E-state index contributed by atoms with van der Waals surface area (Å²) in [5.74, 6) is 0.596. The number of benzene rings is 1. The van der Waals surface area contributed by atoms with Crippen LogP contribution in [0.1, 0.15) is 5.56 Å². The molecule has 96 valence electrons. The number of halogens is 3. The van der Waals surface area contributed by atoms with E-state index in [0.717, 1.165) is 10.7 Å². The van der Waals surface area contributed by atoms with Crippen molar-refractivity contribution in [2.45, 2.75) is 9.96 Å². The molecule has 1 aromatic carbocycles. The van der Waals surface area contributed by atoms with E-state index >= 15 is 0 Å². The second-order valence-electron chi connectivity index (χ2n) is 3.63. The molecule has 3 nitrogen and oxygen atoms in total. The number of thioether (sulfide) groups is 1. The molecule has 1 aliphatic heterocycles. The van der Waals surface area contributed by atoms with Gasteiger partial charge in [-0.25, -0.2) is 4.99 Å². The quantitative estimate of drug-likeness (QED) is 0.792. The monoisotopic (exact) mass is 322 g/mol. The van der Waals surface area contributed by atoms with Crippen LogP contribution in [0.5, 0.6) is 0 Å². The van der Waals surface area contributed by atoms with Crippen molar-refractivity contribution in [3.8, 4) is 0 Å². The molecule has 0 saturated heterocycles. The highest BCUT2D eigenvalue weighted by molar-refractivity contribution is 8.12. The molecule has 1 heterocycles. The Morgan fingerprint density at radius 3 is 2.44 bits per heavy atom. The highest BCUT2D eigenvalue weighted by atomic mass is 35.6. The van der Waals surface area contributed by atoms with Gasteiger partial charge in [-0.05, 0) is 18.0 Å². The van der Waals surface area contributed by atoms with Gasteiger partial charge in [0.15, 0.2) is 5.84 Å². The van der Waals surface area contributed by atoms with Crippen LogP contribution >= 0.6 is 46.6 Å². The molecule has 1 aromatic rings. The third kappa shape index (κ3) is 3.39. The van der Waals surface area contributed by atoms with Crippen molar-refractivity contribution in [3.05, 3.63) is 35.9 Å². The van der Waals surface area contributed by atoms with E-state index in [-0.39, 0.29) is 0 Å². The van der Waals surface area contributed by atoms with Crippen LogP contribution in [0, 0.1) is 0 Å². The van der Waals surface area contributed by atoms with Gasteiger partial charge in [-0.1, -0.05) is 65.1 Å². The highest BCUT2D eigenvalue weighted by Crippen LogP contribution is 2.30. The minimum Gasteiger partial charge on any atom is -0.267 e. The molecule has 0 aliphatic carbocycles. The Bertz CT molecular complexity index is 482. The number of aliphatic imine (C=N–C) groups is 2. The smallest absolute Gasteiger partial charge is 0.264 e. The zero-order valence-corrected chi connectivity index (χ0v) is 12.6. The number of nitrogens with zero attached hydrogens (tertiary/aromatic N) is 2. The van der Waals surface area contributed by atoms with Gasteiger partial charge in [0.25, 0.3) is 8.96 Å². The summed E-state index contributed by atoms with van der Waals surface area (Å²) in [4.78, 5) is 8.82. The Hall–Kier alpha value is -0.260. The number of rotatable bonds is 1. The van der Waals surface area contributed by atoms with Crippen LogP contribution in [-0.2, 0) is 0 Å². The predicted octanol–water partition coefficient (Wildman–Crippen LogP) is 2.43. The van der Waals surface area contributed by atoms with Gasteiger partial charge < -0.3 is 0 Å².